The number of ether oxygens (including phenoxy) is 3. The fourth-order valence-corrected chi connectivity index (χ4v) is 8.60. The van der Waals surface area contributed by atoms with Gasteiger partial charge in [0.2, 0.25) is 0 Å². The Labute approximate surface area is 440 Å². The van der Waals surface area contributed by atoms with E-state index in [-0.39, 0.29) is 31.1 Å². The minimum Gasteiger partial charge on any atom is -0.462 e. The van der Waals surface area contributed by atoms with E-state index >= 15 is 0 Å². The maximum atomic E-state index is 12.9. The van der Waals surface area contributed by atoms with Gasteiger partial charge in [0.25, 0.3) is 0 Å². The van der Waals surface area contributed by atoms with Crippen molar-refractivity contribution in [1.82, 2.24) is 0 Å². The molecule has 0 fully saturated rings. The van der Waals surface area contributed by atoms with Crippen LogP contribution in [0.15, 0.2) is 72.9 Å². The number of esters is 3. The Bertz CT molecular complexity index is 1320. The molecule has 0 N–H and O–H groups in total. The second-order valence-electron chi connectivity index (χ2n) is 20.2. The summed E-state index contributed by atoms with van der Waals surface area (Å²) in [4.78, 5) is 38.3. The van der Waals surface area contributed by atoms with Gasteiger partial charge in [0.15, 0.2) is 6.10 Å². The number of unbranched alkanes of at least 4 members (excludes halogenated alkanes) is 32. The highest BCUT2D eigenvalue weighted by Gasteiger charge is 2.19. The van der Waals surface area contributed by atoms with Crippen LogP contribution in [0.25, 0.3) is 0 Å². The van der Waals surface area contributed by atoms with Crippen LogP contribution in [0.3, 0.4) is 0 Å². The van der Waals surface area contributed by atoms with E-state index < -0.39 is 6.10 Å². The van der Waals surface area contributed by atoms with Crippen molar-refractivity contribution in [3.63, 3.8) is 0 Å². The van der Waals surface area contributed by atoms with E-state index in [1.807, 2.05) is 0 Å². The summed E-state index contributed by atoms with van der Waals surface area (Å²) in [5.74, 6) is -0.898. The predicted molar refractivity (Wildman–Crippen MR) is 307 cm³/mol. The highest BCUT2D eigenvalue weighted by molar-refractivity contribution is 5.71. The number of rotatable bonds is 55. The number of allylic oxidation sites excluding steroid dienone is 12. The molecule has 0 unspecified atom stereocenters. The van der Waals surface area contributed by atoms with Gasteiger partial charge >= 0.3 is 17.9 Å². The molecule has 0 aromatic rings. The summed E-state index contributed by atoms with van der Waals surface area (Å²) in [6, 6.07) is 0. The van der Waals surface area contributed by atoms with Gasteiger partial charge < -0.3 is 14.2 Å². The second kappa shape index (κ2) is 59.4. The summed E-state index contributed by atoms with van der Waals surface area (Å²) in [5, 5.41) is 0. The minimum atomic E-state index is -0.788. The molecule has 0 bridgehead atoms. The SMILES string of the molecule is CC/C=C\C/C=C\C/C=C\CCCCCCCC(=O)OC[C@H](COC(=O)CCCCCCCCCCC/C=C\C/C=C\CCCCC)OC(=O)CCCCCCCCC/C=C\CCCCCCCCCC. The highest BCUT2D eigenvalue weighted by Crippen LogP contribution is 2.16. The summed E-state index contributed by atoms with van der Waals surface area (Å²) in [5.41, 5.74) is 0. The molecule has 6 heteroatoms. The molecule has 0 aromatic heterocycles. The van der Waals surface area contributed by atoms with Crippen molar-refractivity contribution < 1.29 is 28.6 Å². The van der Waals surface area contributed by atoms with Crippen LogP contribution in [-0.2, 0) is 28.6 Å². The Morgan fingerprint density at radius 1 is 0.296 bits per heavy atom. The monoisotopic (exact) mass is 991 g/mol. The van der Waals surface area contributed by atoms with Gasteiger partial charge in [-0.3, -0.25) is 14.4 Å². The fourth-order valence-electron chi connectivity index (χ4n) is 8.60. The summed E-state index contributed by atoms with van der Waals surface area (Å²) in [6.45, 7) is 6.51. The lowest BCUT2D eigenvalue weighted by Gasteiger charge is -2.18. The van der Waals surface area contributed by atoms with Crippen LogP contribution in [0.2, 0.25) is 0 Å². The van der Waals surface area contributed by atoms with Crippen molar-refractivity contribution >= 4 is 17.9 Å². The summed E-state index contributed by atoms with van der Waals surface area (Å²) in [7, 11) is 0. The lowest BCUT2D eigenvalue weighted by Crippen LogP contribution is -2.30. The van der Waals surface area contributed by atoms with Gasteiger partial charge in [0.1, 0.15) is 13.2 Å². The molecule has 0 rings (SSSR count). The van der Waals surface area contributed by atoms with Gasteiger partial charge in [0, 0.05) is 19.3 Å². The molecule has 0 aliphatic rings. The molecule has 0 aliphatic heterocycles. The van der Waals surface area contributed by atoms with E-state index in [0.717, 1.165) is 103 Å². The average Bonchev–Trinajstić information content (AvgIpc) is 3.37. The topological polar surface area (TPSA) is 78.9 Å². The Morgan fingerprint density at radius 3 is 0.901 bits per heavy atom. The zero-order valence-corrected chi connectivity index (χ0v) is 47.0. The average molecular weight is 992 g/mol. The first-order valence-corrected chi connectivity index (χ1v) is 30.4. The van der Waals surface area contributed by atoms with Crippen molar-refractivity contribution in [1.29, 1.82) is 0 Å². The Hall–Kier alpha value is -3.15. The molecule has 0 spiro atoms. The zero-order chi connectivity index (χ0) is 51.4. The largest absolute Gasteiger partial charge is 0.462 e. The molecule has 0 aromatic carbocycles. The van der Waals surface area contributed by atoms with Gasteiger partial charge in [0.05, 0.1) is 0 Å². The summed E-state index contributed by atoms with van der Waals surface area (Å²) >= 11 is 0. The predicted octanol–water partition coefficient (Wildman–Crippen LogP) is 20.5. The van der Waals surface area contributed by atoms with Crippen molar-refractivity contribution in [3.8, 4) is 0 Å². The number of hydrogen-bond donors (Lipinski definition) is 0. The quantitative estimate of drug-likeness (QED) is 0.0261. The molecule has 1 atom stereocenters. The maximum absolute atomic E-state index is 12.9. The molecule has 0 heterocycles. The van der Waals surface area contributed by atoms with Gasteiger partial charge in [-0.2, -0.15) is 0 Å². The highest BCUT2D eigenvalue weighted by atomic mass is 16.6. The lowest BCUT2D eigenvalue weighted by atomic mass is 10.1. The van der Waals surface area contributed by atoms with Crippen LogP contribution < -0.4 is 0 Å². The first-order chi connectivity index (χ1) is 35.0. The molecule has 410 valence electrons. The number of hydrogen-bond acceptors (Lipinski definition) is 6. The second-order valence-corrected chi connectivity index (χ2v) is 20.2. The van der Waals surface area contributed by atoms with Crippen LogP contribution in [0, 0.1) is 0 Å². The Kier molecular flexibility index (Phi) is 56.8. The molecule has 0 saturated carbocycles. The summed E-state index contributed by atoms with van der Waals surface area (Å²) < 4.78 is 16.9. The van der Waals surface area contributed by atoms with E-state index in [1.54, 1.807) is 0 Å². The third kappa shape index (κ3) is 57.6. The summed E-state index contributed by atoms with van der Waals surface area (Å²) in [6.07, 6.45) is 76.1. The van der Waals surface area contributed by atoms with Crippen LogP contribution >= 0.6 is 0 Å². The van der Waals surface area contributed by atoms with Gasteiger partial charge in [-0.25, -0.2) is 0 Å². The Morgan fingerprint density at radius 2 is 0.549 bits per heavy atom. The molecule has 0 saturated heterocycles. The molecular formula is C65H114O6. The zero-order valence-electron chi connectivity index (χ0n) is 47.0. The maximum Gasteiger partial charge on any atom is 0.306 e. The minimum absolute atomic E-state index is 0.0841. The third-order valence-corrected chi connectivity index (χ3v) is 13.2. The van der Waals surface area contributed by atoms with Gasteiger partial charge in [-0.15, -0.1) is 0 Å². The fraction of sp³-hybridized carbons (Fsp3) is 0.769. The third-order valence-electron chi connectivity index (χ3n) is 13.2. The first-order valence-electron chi connectivity index (χ1n) is 30.4. The molecule has 71 heavy (non-hydrogen) atoms. The van der Waals surface area contributed by atoms with E-state index in [4.69, 9.17) is 14.2 Å². The molecular weight excluding hydrogens is 877 g/mol. The number of carbonyl (C=O) groups is 3. The van der Waals surface area contributed by atoms with Crippen LogP contribution in [0.5, 0.6) is 0 Å². The van der Waals surface area contributed by atoms with E-state index in [2.05, 4.69) is 93.7 Å². The van der Waals surface area contributed by atoms with Crippen LogP contribution in [0.1, 0.15) is 303 Å². The Balaban J connectivity index is 4.39. The lowest BCUT2D eigenvalue weighted by molar-refractivity contribution is -0.167. The first kappa shape index (κ1) is 67.8. The van der Waals surface area contributed by atoms with E-state index in [1.165, 1.54) is 161 Å². The van der Waals surface area contributed by atoms with Crippen molar-refractivity contribution in [3.05, 3.63) is 72.9 Å². The molecule has 0 radical (unpaired) electrons. The van der Waals surface area contributed by atoms with Crippen LogP contribution in [0.4, 0.5) is 0 Å². The van der Waals surface area contributed by atoms with Crippen molar-refractivity contribution in [2.45, 2.75) is 309 Å². The van der Waals surface area contributed by atoms with Gasteiger partial charge in [-0.05, 0) is 109 Å². The van der Waals surface area contributed by atoms with Gasteiger partial charge in [-0.1, -0.05) is 248 Å². The standard InChI is InChI=1S/C65H114O6/c1-4-7-10-13-16-19-22-25-28-30-32-34-37-40-43-46-49-52-55-58-64(67)70-61-62(60-69-63(66)57-54-51-48-45-42-39-36-27-24-21-18-15-12-9-6-3)71-65(68)59-56-53-50-47-44-41-38-35-33-31-29-26-23-20-17-14-11-8-5-2/h9,12,16,18-19,21,25,27-28,31,33,36,62H,4-8,10-11,13-15,17,20,22-24,26,29-30,32,34-35,37-61H2,1-3H3/b12-9-,19-16-,21-18-,28-25-,33-31-,36-27-/t62-/m1/s1. The number of carbonyl (C=O) groups excluding carboxylic acids is 3. The molecule has 6 nitrogen and oxygen atoms in total. The van der Waals surface area contributed by atoms with Crippen molar-refractivity contribution in [2.75, 3.05) is 13.2 Å². The van der Waals surface area contributed by atoms with Crippen molar-refractivity contribution in [2.24, 2.45) is 0 Å². The van der Waals surface area contributed by atoms with E-state index in [0.29, 0.717) is 19.3 Å². The molecule has 0 amide bonds. The van der Waals surface area contributed by atoms with E-state index in [9.17, 15) is 14.4 Å². The smallest absolute Gasteiger partial charge is 0.306 e. The van der Waals surface area contributed by atoms with Crippen LogP contribution in [-0.4, -0.2) is 37.2 Å². The normalized spacial score (nSPS) is 12.5. The molecule has 0 aliphatic carbocycles.